The summed E-state index contributed by atoms with van der Waals surface area (Å²) in [5, 5.41) is 13.5. The Morgan fingerprint density at radius 2 is 1.95 bits per heavy atom. The number of nitrogens with one attached hydrogen (secondary N) is 1. The minimum absolute atomic E-state index is 0.00188. The molecule has 116 valence electrons. The fraction of sp³-hybridized carbons (Fsp3) is 0.400. The average Bonchev–Trinajstić information content (AvgIpc) is 2.53. The molecule has 1 aliphatic rings. The third kappa shape index (κ3) is 3.08. The van der Waals surface area contributed by atoms with Crippen LogP contribution < -0.4 is 5.32 Å². The van der Waals surface area contributed by atoms with E-state index in [4.69, 9.17) is 0 Å². The SMILES string of the molecule is Cc1cc(C)c2c(c1)[C@H](NC(CO)c1ccccc1)CCC2. The monoisotopic (exact) mass is 295 g/mol. The van der Waals surface area contributed by atoms with Gasteiger partial charge < -0.3 is 10.4 Å². The molecule has 0 saturated heterocycles. The lowest BCUT2D eigenvalue weighted by Crippen LogP contribution is -2.31. The van der Waals surface area contributed by atoms with Crippen LogP contribution in [0.1, 0.15) is 52.7 Å². The molecule has 0 saturated carbocycles. The fourth-order valence-electron chi connectivity index (χ4n) is 3.68. The van der Waals surface area contributed by atoms with Gasteiger partial charge in [0, 0.05) is 6.04 Å². The van der Waals surface area contributed by atoms with E-state index in [1.165, 1.54) is 35.1 Å². The molecule has 0 aromatic heterocycles. The van der Waals surface area contributed by atoms with Gasteiger partial charge in [-0.05, 0) is 55.4 Å². The van der Waals surface area contributed by atoms with Gasteiger partial charge in [-0.1, -0.05) is 48.0 Å². The number of aryl methyl sites for hydroxylation is 2. The summed E-state index contributed by atoms with van der Waals surface area (Å²) < 4.78 is 0. The molecule has 3 rings (SSSR count). The van der Waals surface area contributed by atoms with E-state index in [2.05, 4.69) is 43.4 Å². The summed E-state index contributed by atoms with van der Waals surface area (Å²) in [6.45, 7) is 4.51. The molecule has 2 heteroatoms. The maximum absolute atomic E-state index is 9.80. The summed E-state index contributed by atoms with van der Waals surface area (Å²) in [4.78, 5) is 0. The first-order valence-electron chi connectivity index (χ1n) is 8.21. The topological polar surface area (TPSA) is 32.3 Å². The van der Waals surface area contributed by atoms with Gasteiger partial charge in [0.05, 0.1) is 12.6 Å². The van der Waals surface area contributed by atoms with E-state index in [0.29, 0.717) is 6.04 Å². The molecule has 2 atom stereocenters. The number of rotatable bonds is 4. The van der Waals surface area contributed by atoms with Crippen molar-refractivity contribution in [2.24, 2.45) is 0 Å². The van der Waals surface area contributed by atoms with Crippen molar-refractivity contribution >= 4 is 0 Å². The van der Waals surface area contributed by atoms with E-state index in [1.807, 2.05) is 18.2 Å². The largest absolute Gasteiger partial charge is 0.394 e. The lowest BCUT2D eigenvalue weighted by atomic mass is 9.83. The molecule has 2 aromatic rings. The molecule has 2 aromatic carbocycles. The normalized spacial score (nSPS) is 18.8. The number of aliphatic hydroxyl groups is 1. The van der Waals surface area contributed by atoms with Crippen LogP contribution in [0.3, 0.4) is 0 Å². The molecule has 2 N–H and O–H groups in total. The van der Waals surface area contributed by atoms with Crippen molar-refractivity contribution in [2.45, 2.75) is 45.2 Å². The van der Waals surface area contributed by atoms with Crippen molar-refractivity contribution in [1.82, 2.24) is 5.32 Å². The molecule has 2 nitrogen and oxygen atoms in total. The van der Waals surface area contributed by atoms with E-state index < -0.39 is 0 Å². The van der Waals surface area contributed by atoms with Crippen LogP contribution in [-0.2, 0) is 6.42 Å². The smallest absolute Gasteiger partial charge is 0.0626 e. The highest BCUT2D eigenvalue weighted by Gasteiger charge is 2.24. The van der Waals surface area contributed by atoms with Gasteiger partial charge in [0.2, 0.25) is 0 Å². The van der Waals surface area contributed by atoms with E-state index in [1.54, 1.807) is 0 Å². The zero-order valence-electron chi connectivity index (χ0n) is 13.5. The molecule has 0 radical (unpaired) electrons. The minimum atomic E-state index is -0.00188. The molecule has 0 aliphatic heterocycles. The highest BCUT2D eigenvalue weighted by atomic mass is 16.3. The molecular weight excluding hydrogens is 270 g/mol. The van der Waals surface area contributed by atoms with Gasteiger partial charge in [-0.2, -0.15) is 0 Å². The predicted molar refractivity (Wildman–Crippen MR) is 91.0 cm³/mol. The standard InChI is InChI=1S/C20H25NO/c1-14-11-15(2)17-9-6-10-19(18(17)12-14)21-20(13-22)16-7-4-3-5-8-16/h3-5,7-8,11-12,19-22H,6,9-10,13H2,1-2H3/t19-,20?/m1/s1. The van der Waals surface area contributed by atoms with Crippen molar-refractivity contribution in [1.29, 1.82) is 0 Å². The third-order valence-corrected chi connectivity index (χ3v) is 4.73. The molecule has 22 heavy (non-hydrogen) atoms. The van der Waals surface area contributed by atoms with E-state index in [9.17, 15) is 5.11 Å². The number of hydrogen-bond donors (Lipinski definition) is 2. The first kappa shape index (κ1) is 15.3. The molecule has 0 bridgehead atoms. The molecule has 0 fully saturated rings. The summed E-state index contributed by atoms with van der Waals surface area (Å²) in [7, 11) is 0. The highest BCUT2D eigenvalue weighted by Crippen LogP contribution is 2.34. The number of aliphatic hydroxyl groups excluding tert-OH is 1. The van der Waals surface area contributed by atoms with Crippen LogP contribution in [0.4, 0.5) is 0 Å². The lowest BCUT2D eigenvalue weighted by molar-refractivity contribution is 0.228. The fourth-order valence-corrected chi connectivity index (χ4v) is 3.68. The quantitative estimate of drug-likeness (QED) is 0.893. The molecular formula is C20H25NO. The van der Waals surface area contributed by atoms with Crippen molar-refractivity contribution in [3.63, 3.8) is 0 Å². The Labute approximate surface area is 133 Å². The Morgan fingerprint density at radius 1 is 1.18 bits per heavy atom. The van der Waals surface area contributed by atoms with E-state index >= 15 is 0 Å². The summed E-state index contributed by atoms with van der Waals surface area (Å²) in [5.41, 5.74) is 6.81. The number of fused-ring (bicyclic) bond motifs is 1. The molecule has 1 unspecified atom stereocenters. The van der Waals surface area contributed by atoms with Gasteiger partial charge in [0.25, 0.3) is 0 Å². The second kappa shape index (κ2) is 6.64. The van der Waals surface area contributed by atoms with Gasteiger partial charge in [0.15, 0.2) is 0 Å². The van der Waals surface area contributed by atoms with Crippen LogP contribution >= 0.6 is 0 Å². The molecule has 0 heterocycles. The number of hydrogen-bond acceptors (Lipinski definition) is 2. The Kier molecular flexibility index (Phi) is 4.60. The second-order valence-electron chi connectivity index (χ2n) is 6.41. The van der Waals surface area contributed by atoms with Crippen LogP contribution in [0.2, 0.25) is 0 Å². The zero-order valence-corrected chi connectivity index (χ0v) is 13.5. The Balaban J connectivity index is 1.88. The van der Waals surface area contributed by atoms with Crippen molar-refractivity contribution in [2.75, 3.05) is 6.61 Å². The maximum atomic E-state index is 9.80. The van der Waals surface area contributed by atoms with Crippen molar-refractivity contribution in [3.8, 4) is 0 Å². The van der Waals surface area contributed by atoms with Gasteiger partial charge >= 0.3 is 0 Å². The summed E-state index contributed by atoms with van der Waals surface area (Å²) in [6.07, 6.45) is 3.52. The lowest BCUT2D eigenvalue weighted by Gasteiger charge is -2.31. The first-order chi connectivity index (χ1) is 10.7. The van der Waals surface area contributed by atoms with Crippen molar-refractivity contribution in [3.05, 3.63) is 70.3 Å². The zero-order chi connectivity index (χ0) is 15.5. The summed E-state index contributed by atoms with van der Waals surface area (Å²) in [5.74, 6) is 0. The highest BCUT2D eigenvalue weighted by molar-refractivity contribution is 5.41. The van der Waals surface area contributed by atoms with Crippen molar-refractivity contribution < 1.29 is 5.11 Å². The number of benzene rings is 2. The van der Waals surface area contributed by atoms with E-state index in [0.717, 1.165) is 12.0 Å². The predicted octanol–water partition coefficient (Wildman–Crippen LogP) is 4.00. The maximum Gasteiger partial charge on any atom is 0.0626 e. The van der Waals surface area contributed by atoms with Crippen LogP contribution in [0.25, 0.3) is 0 Å². The van der Waals surface area contributed by atoms with Gasteiger partial charge in [-0.15, -0.1) is 0 Å². The van der Waals surface area contributed by atoms with Crippen LogP contribution in [0.15, 0.2) is 42.5 Å². The second-order valence-corrected chi connectivity index (χ2v) is 6.41. The van der Waals surface area contributed by atoms with Gasteiger partial charge in [0.1, 0.15) is 0 Å². The summed E-state index contributed by atoms with van der Waals surface area (Å²) >= 11 is 0. The van der Waals surface area contributed by atoms with Gasteiger partial charge in [-0.25, -0.2) is 0 Å². The Bertz CT molecular complexity index is 636. The molecule has 1 aliphatic carbocycles. The molecule has 0 spiro atoms. The Hall–Kier alpha value is -1.64. The average molecular weight is 295 g/mol. The first-order valence-corrected chi connectivity index (χ1v) is 8.21. The van der Waals surface area contributed by atoms with Gasteiger partial charge in [-0.3, -0.25) is 0 Å². The molecule has 0 amide bonds. The Morgan fingerprint density at radius 3 is 2.68 bits per heavy atom. The van der Waals surface area contributed by atoms with Crippen LogP contribution in [-0.4, -0.2) is 11.7 Å². The van der Waals surface area contributed by atoms with Crippen LogP contribution in [0.5, 0.6) is 0 Å². The summed E-state index contributed by atoms with van der Waals surface area (Å²) in [6, 6.07) is 15.2. The minimum Gasteiger partial charge on any atom is -0.394 e. The third-order valence-electron chi connectivity index (χ3n) is 4.73. The van der Waals surface area contributed by atoms with E-state index in [-0.39, 0.29) is 12.6 Å². The van der Waals surface area contributed by atoms with Crippen LogP contribution in [0, 0.1) is 13.8 Å².